The van der Waals surface area contributed by atoms with Gasteiger partial charge in [-0.25, -0.2) is 18.4 Å². The predicted octanol–water partition coefficient (Wildman–Crippen LogP) is 2.80. The third-order valence-corrected chi connectivity index (χ3v) is 3.64. The molecule has 1 aromatic rings. The van der Waals surface area contributed by atoms with Gasteiger partial charge in [0.25, 0.3) is 0 Å². The van der Waals surface area contributed by atoms with E-state index in [2.05, 4.69) is 10.1 Å². The molecule has 2 rings (SSSR count). The van der Waals surface area contributed by atoms with E-state index in [9.17, 15) is 13.6 Å². The van der Waals surface area contributed by atoms with E-state index in [1.54, 1.807) is 4.68 Å². The number of hydrogen-bond donors (Lipinski definition) is 0. The number of ketones is 1. The normalized spacial score (nSPS) is 19.8. The van der Waals surface area contributed by atoms with Crippen LogP contribution in [-0.4, -0.2) is 26.5 Å². The van der Waals surface area contributed by atoms with Gasteiger partial charge < -0.3 is 0 Å². The molecule has 0 bridgehead atoms. The minimum atomic E-state index is -2.59. The summed E-state index contributed by atoms with van der Waals surface area (Å²) in [5, 5.41) is 4.07. The zero-order valence-electron chi connectivity index (χ0n) is 11.3. The van der Waals surface area contributed by atoms with E-state index in [-0.39, 0.29) is 49.8 Å². The van der Waals surface area contributed by atoms with Gasteiger partial charge in [-0.3, -0.25) is 4.79 Å². The van der Waals surface area contributed by atoms with E-state index in [4.69, 9.17) is 0 Å². The van der Waals surface area contributed by atoms with Gasteiger partial charge in [0.15, 0.2) is 0 Å². The van der Waals surface area contributed by atoms with Crippen LogP contribution in [0.1, 0.15) is 51.4 Å². The summed E-state index contributed by atoms with van der Waals surface area (Å²) in [7, 11) is 0. The Morgan fingerprint density at radius 2 is 2.11 bits per heavy atom. The van der Waals surface area contributed by atoms with Gasteiger partial charge in [-0.15, -0.1) is 0 Å². The SMILES string of the molecule is CC(C)n1ncnc1CC(=O)C1CCC(F)(F)CC1. The molecule has 6 heteroatoms. The molecule has 1 saturated carbocycles. The monoisotopic (exact) mass is 271 g/mol. The van der Waals surface area contributed by atoms with Gasteiger partial charge >= 0.3 is 0 Å². The van der Waals surface area contributed by atoms with Crippen LogP contribution in [0.25, 0.3) is 0 Å². The first-order valence-corrected chi connectivity index (χ1v) is 6.68. The fourth-order valence-electron chi connectivity index (χ4n) is 2.49. The summed E-state index contributed by atoms with van der Waals surface area (Å²) >= 11 is 0. The fourth-order valence-corrected chi connectivity index (χ4v) is 2.49. The molecule has 0 atom stereocenters. The topological polar surface area (TPSA) is 47.8 Å². The Hall–Kier alpha value is -1.33. The molecule has 1 heterocycles. The van der Waals surface area contributed by atoms with E-state index < -0.39 is 5.92 Å². The Kier molecular flexibility index (Phi) is 3.96. The molecule has 1 aromatic heterocycles. The number of halogens is 2. The molecule has 0 unspecified atom stereocenters. The lowest BCUT2D eigenvalue weighted by atomic mass is 9.83. The number of nitrogens with zero attached hydrogens (tertiary/aromatic N) is 3. The van der Waals surface area contributed by atoms with Gasteiger partial charge in [-0.2, -0.15) is 5.10 Å². The van der Waals surface area contributed by atoms with Crippen molar-refractivity contribution in [3.8, 4) is 0 Å². The van der Waals surface area contributed by atoms with Gasteiger partial charge in [0.2, 0.25) is 5.92 Å². The average molecular weight is 271 g/mol. The average Bonchev–Trinajstić information content (AvgIpc) is 2.77. The highest BCUT2D eigenvalue weighted by Gasteiger charge is 2.37. The standard InChI is InChI=1S/C13H19F2N3O/c1-9(2)18-12(16-8-17-18)7-11(19)10-3-5-13(14,15)6-4-10/h8-10H,3-7H2,1-2H3. The maximum absolute atomic E-state index is 13.1. The lowest BCUT2D eigenvalue weighted by Gasteiger charge is -2.27. The molecule has 0 aliphatic heterocycles. The molecule has 4 nitrogen and oxygen atoms in total. The number of hydrogen-bond acceptors (Lipinski definition) is 3. The highest BCUT2D eigenvalue weighted by atomic mass is 19.3. The largest absolute Gasteiger partial charge is 0.299 e. The summed E-state index contributed by atoms with van der Waals surface area (Å²) < 4.78 is 27.8. The van der Waals surface area contributed by atoms with Crippen molar-refractivity contribution >= 4 is 5.78 Å². The third kappa shape index (κ3) is 3.36. The molecule has 0 saturated heterocycles. The van der Waals surface area contributed by atoms with Gasteiger partial charge in [0.1, 0.15) is 17.9 Å². The zero-order valence-corrected chi connectivity index (χ0v) is 11.3. The van der Waals surface area contributed by atoms with E-state index in [1.165, 1.54) is 6.33 Å². The van der Waals surface area contributed by atoms with Crippen LogP contribution in [0.4, 0.5) is 8.78 Å². The van der Waals surface area contributed by atoms with Crippen LogP contribution in [0.15, 0.2) is 6.33 Å². The lowest BCUT2D eigenvalue weighted by molar-refractivity contribution is -0.126. The Labute approximate surface area is 111 Å². The summed E-state index contributed by atoms with van der Waals surface area (Å²) in [6, 6.07) is 0.140. The van der Waals surface area contributed by atoms with Gasteiger partial charge in [-0.05, 0) is 26.7 Å². The first-order valence-electron chi connectivity index (χ1n) is 6.68. The minimum absolute atomic E-state index is 0.00500. The summed E-state index contributed by atoms with van der Waals surface area (Å²) in [5.74, 6) is -2.21. The minimum Gasteiger partial charge on any atom is -0.299 e. The van der Waals surface area contributed by atoms with Crippen LogP contribution in [0.3, 0.4) is 0 Å². The molecule has 0 amide bonds. The van der Waals surface area contributed by atoms with Crippen molar-refractivity contribution in [2.75, 3.05) is 0 Å². The first kappa shape index (κ1) is 14.1. The van der Waals surface area contributed by atoms with E-state index >= 15 is 0 Å². The zero-order chi connectivity index (χ0) is 14.0. The van der Waals surface area contributed by atoms with Crippen molar-refractivity contribution < 1.29 is 13.6 Å². The Balaban J connectivity index is 1.96. The fraction of sp³-hybridized carbons (Fsp3) is 0.769. The molecule has 1 aliphatic carbocycles. The summed E-state index contributed by atoms with van der Waals surface area (Å²) in [5.41, 5.74) is 0. The van der Waals surface area contributed by atoms with Crippen molar-refractivity contribution in [3.05, 3.63) is 12.2 Å². The predicted molar refractivity (Wildman–Crippen MR) is 66.0 cm³/mol. The van der Waals surface area contributed by atoms with Crippen molar-refractivity contribution in [3.63, 3.8) is 0 Å². The molecular formula is C13H19F2N3O. The van der Waals surface area contributed by atoms with Crippen LogP contribution in [0.2, 0.25) is 0 Å². The van der Waals surface area contributed by atoms with Gasteiger partial charge in [-0.1, -0.05) is 0 Å². The van der Waals surface area contributed by atoms with Crippen molar-refractivity contribution in [1.82, 2.24) is 14.8 Å². The van der Waals surface area contributed by atoms with E-state index in [1.807, 2.05) is 13.8 Å². The third-order valence-electron chi connectivity index (χ3n) is 3.64. The second-order valence-electron chi connectivity index (χ2n) is 5.49. The number of carbonyl (C=O) groups is 1. The molecule has 0 N–H and O–H groups in total. The second kappa shape index (κ2) is 5.35. The lowest BCUT2D eigenvalue weighted by Crippen LogP contribution is -2.30. The molecule has 106 valence electrons. The summed E-state index contributed by atoms with van der Waals surface area (Å²) in [6.07, 6.45) is 1.82. The Morgan fingerprint density at radius 3 is 2.68 bits per heavy atom. The van der Waals surface area contributed by atoms with Crippen LogP contribution in [-0.2, 0) is 11.2 Å². The van der Waals surface area contributed by atoms with Crippen molar-refractivity contribution in [1.29, 1.82) is 0 Å². The maximum Gasteiger partial charge on any atom is 0.248 e. The Morgan fingerprint density at radius 1 is 1.47 bits per heavy atom. The Bertz CT molecular complexity index is 446. The molecule has 1 fully saturated rings. The molecule has 1 aliphatic rings. The smallest absolute Gasteiger partial charge is 0.248 e. The van der Waals surface area contributed by atoms with Crippen LogP contribution in [0.5, 0.6) is 0 Å². The van der Waals surface area contributed by atoms with Gasteiger partial charge in [0, 0.05) is 24.8 Å². The van der Waals surface area contributed by atoms with Gasteiger partial charge in [0.05, 0.1) is 6.42 Å². The number of Topliss-reactive ketones (excluding diaryl/α,β-unsaturated/α-hetero) is 1. The number of alkyl halides is 2. The van der Waals surface area contributed by atoms with Crippen LogP contribution in [0, 0.1) is 5.92 Å². The van der Waals surface area contributed by atoms with E-state index in [0.717, 1.165) is 0 Å². The quantitative estimate of drug-likeness (QED) is 0.846. The maximum atomic E-state index is 13.1. The molecule has 0 radical (unpaired) electrons. The molecule has 19 heavy (non-hydrogen) atoms. The number of carbonyl (C=O) groups excluding carboxylic acids is 1. The summed E-state index contributed by atoms with van der Waals surface area (Å²) in [4.78, 5) is 16.2. The highest BCUT2D eigenvalue weighted by Crippen LogP contribution is 2.36. The summed E-state index contributed by atoms with van der Waals surface area (Å²) in [6.45, 7) is 3.92. The second-order valence-corrected chi connectivity index (χ2v) is 5.49. The highest BCUT2D eigenvalue weighted by molar-refractivity contribution is 5.82. The molecular weight excluding hydrogens is 252 g/mol. The van der Waals surface area contributed by atoms with Crippen LogP contribution < -0.4 is 0 Å². The van der Waals surface area contributed by atoms with E-state index in [0.29, 0.717) is 5.82 Å². The first-order chi connectivity index (χ1) is 8.89. The molecule has 0 spiro atoms. The van der Waals surface area contributed by atoms with Crippen LogP contribution >= 0.6 is 0 Å². The molecule has 0 aromatic carbocycles. The number of aromatic nitrogens is 3. The van der Waals surface area contributed by atoms with Crippen molar-refractivity contribution in [2.45, 2.75) is 57.9 Å². The van der Waals surface area contributed by atoms with Crippen molar-refractivity contribution in [2.24, 2.45) is 5.92 Å². The number of rotatable bonds is 4.